The van der Waals surface area contributed by atoms with Gasteiger partial charge in [-0.2, -0.15) is 5.26 Å². The fourth-order valence-corrected chi connectivity index (χ4v) is 2.06. The van der Waals surface area contributed by atoms with E-state index in [2.05, 4.69) is 0 Å². The van der Waals surface area contributed by atoms with E-state index >= 15 is 0 Å². The largest absolute Gasteiger partial charge is 0.544 e. The molecule has 0 aliphatic rings. The Kier molecular flexibility index (Phi) is 5.83. The van der Waals surface area contributed by atoms with Gasteiger partial charge in [-0.05, 0) is 41.5 Å². The van der Waals surface area contributed by atoms with Crippen LogP contribution in [0.25, 0.3) is 6.08 Å². The zero-order valence-electron chi connectivity index (χ0n) is 12.8. The summed E-state index contributed by atoms with van der Waals surface area (Å²) in [6, 6.07) is 13.7. The van der Waals surface area contributed by atoms with Crippen LogP contribution in [0.1, 0.15) is 11.1 Å². The third kappa shape index (κ3) is 4.51. The number of aliphatic carboxylic acids is 1. The maximum Gasteiger partial charge on any atom is 0.161 e. The SMILES string of the molecule is COc1cc(/C=C(\C#N)C(=O)[O-])ccc1OCc1ccc(Cl)cc1. The minimum Gasteiger partial charge on any atom is -0.544 e. The standard InChI is InChI=1S/C18H14ClNO4/c1-23-17-9-13(8-14(10-20)18(21)22)4-7-16(17)24-11-12-2-5-15(19)6-3-12/h2-9H,11H2,1H3,(H,21,22)/p-1/b14-8+. The van der Waals surface area contributed by atoms with Crippen LogP contribution in [0.4, 0.5) is 0 Å². The van der Waals surface area contributed by atoms with Gasteiger partial charge >= 0.3 is 0 Å². The first kappa shape index (κ1) is 17.4. The van der Waals surface area contributed by atoms with Gasteiger partial charge in [-0.25, -0.2) is 0 Å². The van der Waals surface area contributed by atoms with Gasteiger partial charge in [0.15, 0.2) is 11.5 Å². The third-order valence-electron chi connectivity index (χ3n) is 3.15. The number of halogens is 1. The summed E-state index contributed by atoms with van der Waals surface area (Å²) in [6.45, 7) is 0.325. The molecule has 0 bridgehead atoms. The van der Waals surface area contributed by atoms with Crippen molar-refractivity contribution in [1.29, 1.82) is 5.26 Å². The second-order valence-electron chi connectivity index (χ2n) is 4.78. The molecule has 0 fully saturated rings. The van der Waals surface area contributed by atoms with Gasteiger partial charge in [-0.3, -0.25) is 0 Å². The molecule has 0 N–H and O–H groups in total. The molecular weight excluding hydrogens is 330 g/mol. The van der Waals surface area contributed by atoms with Gasteiger partial charge in [-0.15, -0.1) is 0 Å². The molecule has 122 valence electrons. The number of carboxylic acid groups (broad SMARTS) is 1. The molecule has 0 unspecified atom stereocenters. The number of hydrogen-bond donors (Lipinski definition) is 0. The fourth-order valence-electron chi connectivity index (χ4n) is 1.94. The van der Waals surface area contributed by atoms with Crippen LogP contribution in [-0.2, 0) is 11.4 Å². The molecule has 0 aromatic heterocycles. The van der Waals surface area contributed by atoms with Gasteiger partial charge in [-0.1, -0.05) is 29.8 Å². The molecule has 0 heterocycles. The van der Waals surface area contributed by atoms with Crippen molar-refractivity contribution in [2.45, 2.75) is 6.61 Å². The number of nitrogens with zero attached hydrogens (tertiary/aromatic N) is 1. The van der Waals surface area contributed by atoms with Crippen molar-refractivity contribution < 1.29 is 19.4 Å². The highest BCUT2D eigenvalue weighted by Gasteiger charge is 2.07. The number of hydrogen-bond acceptors (Lipinski definition) is 5. The molecule has 0 atom stereocenters. The van der Waals surface area contributed by atoms with Crippen molar-refractivity contribution in [1.82, 2.24) is 0 Å². The summed E-state index contributed by atoms with van der Waals surface area (Å²) in [6.07, 6.45) is 1.21. The monoisotopic (exact) mass is 342 g/mol. The zero-order valence-corrected chi connectivity index (χ0v) is 13.5. The number of ether oxygens (including phenoxy) is 2. The molecule has 0 aliphatic heterocycles. The molecule has 0 aliphatic carbocycles. The molecule has 0 spiro atoms. The number of methoxy groups -OCH3 is 1. The maximum atomic E-state index is 10.8. The number of benzene rings is 2. The minimum atomic E-state index is -1.53. The lowest BCUT2D eigenvalue weighted by Crippen LogP contribution is -2.23. The van der Waals surface area contributed by atoms with Gasteiger partial charge in [0, 0.05) is 5.02 Å². The summed E-state index contributed by atoms with van der Waals surface area (Å²) in [5, 5.41) is 20.2. The van der Waals surface area contributed by atoms with Crippen molar-refractivity contribution in [2.75, 3.05) is 7.11 Å². The van der Waals surface area contributed by atoms with E-state index in [0.717, 1.165) is 5.56 Å². The topological polar surface area (TPSA) is 82.4 Å². The Morgan fingerprint density at radius 3 is 2.54 bits per heavy atom. The van der Waals surface area contributed by atoms with Crippen LogP contribution in [0.3, 0.4) is 0 Å². The molecule has 24 heavy (non-hydrogen) atoms. The summed E-state index contributed by atoms with van der Waals surface area (Å²) >= 11 is 5.83. The molecule has 0 radical (unpaired) electrons. The lowest BCUT2D eigenvalue weighted by Gasteiger charge is -2.12. The van der Waals surface area contributed by atoms with Crippen molar-refractivity contribution in [3.63, 3.8) is 0 Å². The van der Waals surface area contributed by atoms with Gasteiger partial charge in [0.1, 0.15) is 12.7 Å². The summed E-state index contributed by atoms with van der Waals surface area (Å²) < 4.78 is 11.0. The lowest BCUT2D eigenvalue weighted by molar-refractivity contribution is -0.298. The van der Waals surface area contributed by atoms with Crippen molar-refractivity contribution in [3.8, 4) is 17.6 Å². The summed E-state index contributed by atoms with van der Waals surface area (Å²) in [5.41, 5.74) is 0.965. The number of carboxylic acids is 1. The van der Waals surface area contributed by atoms with Crippen LogP contribution < -0.4 is 14.6 Å². The first-order chi connectivity index (χ1) is 11.5. The van der Waals surface area contributed by atoms with Crippen molar-refractivity contribution in [3.05, 3.63) is 64.2 Å². The Morgan fingerprint density at radius 2 is 1.96 bits per heavy atom. The molecular formula is C18H13ClNO4-. The highest BCUT2D eigenvalue weighted by molar-refractivity contribution is 6.30. The Hall–Kier alpha value is -2.97. The van der Waals surface area contributed by atoms with Crippen LogP contribution in [0.5, 0.6) is 11.5 Å². The lowest BCUT2D eigenvalue weighted by atomic mass is 10.1. The van der Waals surface area contributed by atoms with E-state index in [4.69, 9.17) is 26.3 Å². The average molecular weight is 343 g/mol. The second-order valence-corrected chi connectivity index (χ2v) is 5.22. The van der Waals surface area contributed by atoms with Gasteiger partial charge < -0.3 is 19.4 Å². The number of carbonyl (C=O) groups is 1. The van der Waals surface area contributed by atoms with Crippen LogP contribution in [0, 0.1) is 11.3 Å². The first-order valence-electron chi connectivity index (χ1n) is 6.92. The van der Waals surface area contributed by atoms with E-state index in [1.807, 2.05) is 12.1 Å². The average Bonchev–Trinajstić information content (AvgIpc) is 2.59. The van der Waals surface area contributed by atoms with Gasteiger partial charge in [0.2, 0.25) is 0 Å². The van der Waals surface area contributed by atoms with Crippen LogP contribution in [0.15, 0.2) is 48.0 Å². The Balaban J connectivity index is 2.18. The van der Waals surface area contributed by atoms with Gasteiger partial charge in [0.05, 0.1) is 18.7 Å². The zero-order chi connectivity index (χ0) is 17.5. The third-order valence-corrected chi connectivity index (χ3v) is 3.40. The van der Waals surface area contributed by atoms with E-state index in [9.17, 15) is 9.90 Å². The Labute approximate surface area is 144 Å². The van der Waals surface area contributed by atoms with Gasteiger partial charge in [0.25, 0.3) is 0 Å². The molecule has 2 rings (SSSR count). The molecule has 5 nitrogen and oxygen atoms in total. The predicted molar refractivity (Wildman–Crippen MR) is 87.4 cm³/mol. The molecule has 0 saturated heterocycles. The normalized spacial score (nSPS) is 10.8. The van der Waals surface area contributed by atoms with E-state index in [1.54, 1.807) is 36.4 Å². The summed E-state index contributed by atoms with van der Waals surface area (Å²) in [7, 11) is 1.47. The first-order valence-corrected chi connectivity index (χ1v) is 7.29. The van der Waals surface area contributed by atoms with E-state index in [0.29, 0.717) is 28.7 Å². The number of carbonyl (C=O) groups excluding carboxylic acids is 1. The van der Waals surface area contributed by atoms with Crippen LogP contribution in [-0.4, -0.2) is 13.1 Å². The van der Waals surface area contributed by atoms with Crippen molar-refractivity contribution >= 4 is 23.6 Å². The fraction of sp³-hybridized carbons (Fsp3) is 0.111. The van der Waals surface area contributed by atoms with Crippen LogP contribution in [0.2, 0.25) is 5.02 Å². The highest BCUT2D eigenvalue weighted by atomic mass is 35.5. The second kappa shape index (κ2) is 8.04. The predicted octanol–water partition coefficient (Wildman–Crippen LogP) is 2.58. The summed E-state index contributed by atoms with van der Waals surface area (Å²) in [5.74, 6) is -0.607. The summed E-state index contributed by atoms with van der Waals surface area (Å²) in [4.78, 5) is 10.8. The Morgan fingerprint density at radius 1 is 1.25 bits per heavy atom. The van der Waals surface area contributed by atoms with Crippen LogP contribution >= 0.6 is 11.6 Å². The number of rotatable bonds is 6. The Bertz CT molecular complexity index is 807. The molecule has 2 aromatic carbocycles. The molecule has 0 amide bonds. The smallest absolute Gasteiger partial charge is 0.161 e. The molecule has 0 saturated carbocycles. The van der Waals surface area contributed by atoms with E-state index in [-0.39, 0.29) is 0 Å². The van der Waals surface area contributed by atoms with E-state index < -0.39 is 11.5 Å². The molecule has 6 heteroatoms. The highest BCUT2D eigenvalue weighted by Crippen LogP contribution is 2.29. The quantitative estimate of drug-likeness (QED) is 0.595. The number of nitriles is 1. The van der Waals surface area contributed by atoms with E-state index in [1.165, 1.54) is 13.2 Å². The van der Waals surface area contributed by atoms with Crippen molar-refractivity contribution in [2.24, 2.45) is 0 Å². The molecule has 2 aromatic rings. The maximum absolute atomic E-state index is 10.8. The minimum absolute atomic E-state index is 0.325.